The molecule has 1 spiro atoms. The number of hydrogen-bond donors (Lipinski definition) is 1. The van der Waals surface area contributed by atoms with Gasteiger partial charge in [-0.2, -0.15) is 0 Å². The Labute approximate surface area is 125 Å². The van der Waals surface area contributed by atoms with Gasteiger partial charge in [0.15, 0.2) is 5.78 Å². The van der Waals surface area contributed by atoms with Crippen LogP contribution in [-0.2, 0) is 0 Å². The third-order valence-corrected chi connectivity index (χ3v) is 5.10. The predicted octanol–water partition coefficient (Wildman–Crippen LogP) is 2.12. The molecule has 1 aromatic rings. The van der Waals surface area contributed by atoms with E-state index in [1.807, 2.05) is 6.92 Å². The highest BCUT2D eigenvalue weighted by molar-refractivity contribution is 5.94. The Balaban J connectivity index is 1.84. The third-order valence-electron chi connectivity index (χ3n) is 5.10. The molecular weight excluding hydrogens is 266 g/mol. The van der Waals surface area contributed by atoms with E-state index in [1.165, 1.54) is 6.92 Å². The van der Waals surface area contributed by atoms with E-state index in [-0.39, 0.29) is 17.3 Å². The maximum atomic E-state index is 11.5. The highest BCUT2D eigenvalue weighted by Crippen LogP contribution is 2.45. The number of aryl methyl sites for hydroxylation is 1. The molecule has 2 fully saturated rings. The fraction of sp³-hybridized carbons (Fsp3) is 0.688. The summed E-state index contributed by atoms with van der Waals surface area (Å²) in [6.07, 6.45) is 6.71. The van der Waals surface area contributed by atoms with Crippen LogP contribution in [0.2, 0.25) is 0 Å². The van der Waals surface area contributed by atoms with Gasteiger partial charge in [-0.05, 0) is 39.5 Å². The summed E-state index contributed by atoms with van der Waals surface area (Å²) in [6.45, 7) is 5.14. The Kier molecular flexibility index (Phi) is 3.69. The molecule has 0 unspecified atom stereocenters. The number of piperidine rings is 1. The maximum Gasteiger partial charge on any atom is 0.225 e. The Morgan fingerprint density at radius 3 is 2.81 bits per heavy atom. The maximum absolute atomic E-state index is 11.5. The summed E-state index contributed by atoms with van der Waals surface area (Å²) in [7, 11) is 0. The van der Waals surface area contributed by atoms with E-state index in [2.05, 4.69) is 14.9 Å². The Hall–Kier alpha value is -1.49. The van der Waals surface area contributed by atoms with Crippen LogP contribution in [0.25, 0.3) is 0 Å². The molecule has 2 aliphatic rings. The first-order valence-electron chi connectivity index (χ1n) is 7.79. The zero-order valence-corrected chi connectivity index (χ0v) is 12.8. The first kappa shape index (κ1) is 14.4. The van der Waals surface area contributed by atoms with Crippen molar-refractivity contribution in [2.75, 3.05) is 18.0 Å². The molecule has 1 aliphatic carbocycles. The minimum Gasteiger partial charge on any atom is -0.392 e. The average Bonchev–Trinajstić information content (AvgIpc) is 2.79. The van der Waals surface area contributed by atoms with E-state index in [1.54, 1.807) is 6.20 Å². The van der Waals surface area contributed by atoms with Crippen molar-refractivity contribution in [3.8, 4) is 0 Å². The lowest BCUT2D eigenvalue weighted by molar-refractivity contribution is 0.0406. The van der Waals surface area contributed by atoms with E-state index >= 15 is 0 Å². The molecule has 1 saturated carbocycles. The lowest BCUT2D eigenvalue weighted by atomic mass is 9.77. The lowest BCUT2D eigenvalue weighted by Crippen LogP contribution is -2.47. The van der Waals surface area contributed by atoms with Gasteiger partial charge in [-0.3, -0.25) is 4.79 Å². The van der Waals surface area contributed by atoms with Gasteiger partial charge in [0.05, 0.1) is 17.4 Å². The van der Waals surface area contributed by atoms with Crippen LogP contribution in [0, 0.1) is 12.3 Å². The monoisotopic (exact) mass is 289 g/mol. The molecule has 0 aromatic carbocycles. The second kappa shape index (κ2) is 5.37. The zero-order valence-electron chi connectivity index (χ0n) is 12.8. The Bertz CT molecular complexity index is 560. The first-order chi connectivity index (χ1) is 10.0. The summed E-state index contributed by atoms with van der Waals surface area (Å²) in [5.74, 6) is 0.691. The fourth-order valence-corrected chi connectivity index (χ4v) is 3.88. The van der Waals surface area contributed by atoms with Crippen LogP contribution >= 0.6 is 0 Å². The predicted molar refractivity (Wildman–Crippen MR) is 80.5 cm³/mol. The molecule has 1 saturated heterocycles. The highest BCUT2D eigenvalue weighted by Gasteiger charge is 2.45. The van der Waals surface area contributed by atoms with Gasteiger partial charge in [-0.25, -0.2) is 9.97 Å². The Morgan fingerprint density at radius 2 is 2.19 bits per heavy atom. The molecule has 5 heteroatoms. The fourth-order valence-electron chi connectivity index (χ4n) is 3.88. The van der Waals surface area contributed by atoms with Crippen molar-refractivity contribution in [1.82, 2.24) is 9.97 Å². The van der Waals surface area contributed by atoms with Crippen molar-refractivity contribution in [3.63, 3.8) is 0 Å². The van der Waals surface area contributed by atoms with Gasteiger partial charge in [-0.1, -0.05) is 6.42 Å². The summed E-state index contributed by atoms with van der Waals surface area (Å²) in [6, 6.07) is 0. The molecule has 21 heavy (non-hydrogen) atoms. The molecule has 2 heterocycles. The number of carbonyl (C=O) groups excluding carboxylic acids is 1. The normalized spacial score (nSPS) is 29.1. The number of Topliss-reactive ketones (excluding diaryl/α,β-unsaturated/α-hetero) is 1. The quantitative estimate of drug-likeness (QED) is 0.845. The van der Waals surface area contributed by atoms with Crippen molar-refractivity contribution < 1.29 is 9.90 Å². The van der Waals surface area contributed by atoms with E-state index in [0.29, 0.717) is 11.5 Å². The molecule has 1 N–H and O–H groups in total. The van der Waals surface area contributed by atoms with Gasteiger partial charge in [0.2, 0.25) is 5.95 Å². The van der Waals surface area contributed by atoms with Gasteiger partial charge < -0.3 is 10.0 Å². The molecule has 0 amide bonds. The van der Waals surface area contributed by atoms with Crippen LogP contribution in [0.5, 0.6) is 0 Å². The van der Waals surface area contributed by atoms with Crippen LogP contribution in [0.15, 0.2) is 6.20 Å². The van der Waals surface area contributed by atoms with Gasteiger partial charge in [0.1, 0.15) is 0 Å². The smallest absolute Gasteiger partial charge is 0.225 e. The van der Waals surface area contributed by atoms with E-state index in [0.717, 1.165) is 50.9 Å². The molecular formula is C16H23N3O2. The number of carbonyl (C=O) groups is 1. The van der Waals surface area contributed by atoms with E-state index < -0.39 is 0 Å². The minimum atomic E-state index is -0.196. The summed E-state index contributed by atoms with van der Waals surface area (Å²) >= 11 is 0. The zero-order chi connectivity index (χ0) is 15.0. The topological polar surface area (TPSA) is 66.3 Å². The number of aliphatic hydroxyl groups excluding tert-OH is 1. The average molecular weight is 289 g/mol. The van der Waals surface area contributed by atoms with Crippen molar-refractivity contribution >= 4 is 11.7 Å². The van der Waals surface area contributed by atoms with Crippen LogP contribution in [-0.4, -0.2) is 40.1 Å². The first-order valence-corrected chi connectivity index (χ1v) is 7.79. The lowest BCUT2D eigenvalue weighted by Gasteiger charge is -2.42. The third kappa shape index (κ3) is 2.55. The van der Waals surface area contributed by atoms with Crippen LogP contribution in [0.1, 0.15) is 55.1 Å². The van der Waals surface area contributed by atoms with Crippen LogP contribution in [0.4, 0.5) is 5.95 Å². The Morgan fingerprint density at radius 1 is 1.43 bits per heavy atom. The van der Waals surface area contributed by atoms with E-state index in [9.17, 15) is 9.90 Å². The number of hydrogen-bond acceptors (Lipinski definition) is 5. The number of aromatic nitrogens is 2. The molecule has 0 radical (unpaired) electrons. The largest absolute Gasteiger partial charge is 0.392 e. The van der Waals surface area contributed by atoms with Crippen molar-refractivity contribution in [2.24, 2.45) is 5.41 Å². The van der Waals surface area contributed by atoms with Crippen LogP contribution < -0.4 is 4.90 Å². The van der Waals surface area contributed by atoms with Crippen molar-refractivity contribution in [1.29, 1.82) is 0 Å². The molecule has 1 aliphatic heterocycles. The summed E-state index contributed by atoms with van der Waals surface area (Å²) < 4.78 is 0. The van der Waals surface area contributed by atoms with Gasteiger partial charge >= 0.3 is 0 Å². The molecule has 1 aromatic heterocycles. The molecule has 5 nitrogen and oxygen atoms in total. The highest BCUT2D eigenvalue weighted by atomic mass is 16.3. The summed E-state index contributed by atoms with van der Waals surface area (Å²) in [5, 5.41) is 10.3. The van der Waals surface area contributed by atoms with Crippen molar-refractivity contribution in [2.45, 2.75) is 52.1 Å². The summed E-state index contributed by atoms with van der Waals surface area (Å²) in [4.78, 5) is 22.5. The number of nitrogens with zero attached hydrogens (tertiary/aromatic N) is 3. The molecule has 0 bridgehead atoms. The van der Waals surface area contributed by atoms with Gasteiger partial charge in [0.25, 0.3) is 0 Å². The minimum absolute atomic E-state index is 0.000351. The second-order valence-electron chi connectivity index (χ2n) is 6.52. The van der Waals surface area contributed by atoms with E-state index in [4.69, 9.17) is 0 Å². The molecule has 3 rings (SSSR count). The van der Waals surface area contributed by atoms with Crippen molar-refractivity contribution in [3.05, 3.63) is 17.5 Å². The SMILES string of the molecule is CC(=O)c1cnc(N2CCC[C@]3(CCC[C@H]3O)C2)nc1C. The standard InChI is InChI=1S/C16H23N3O2/c1-11-13(12(2)20)9-17-15(18-11)19-8-4-7-16(10-19)6-3-5-14(16)21/h9,14,21H,3-8,10H2,1-2H3/t14-,16-/m1/s1. The number of aliphatic hydroxyl groups is 1. The number of anilines is 1. The molecule has 114 valence electrons. The summed E-state index contributed by atoms with van der Waals surface area (Å²) in [5.41, 5.74) is 1.35. The second-order valence-corrected chi connectivity index (χ2v) is 6.52. The molecule has 2 atom stereocenters. The number of rotatable bonds is 2. The van der Waals surface area contributed by atoms with Gasteiger partial charge in [-0.15, -0.1) is 0 Å². The van der Waals surface area contributed by atoms with Crippen LogP contribution in [0.3, 0.4) is 0 Å². The number of ketones is 1. The van der Waals surface area contributed by atoms with Gasteiger partial charge in [0, 0.05) is 24.7 Å².